The van der Waals surface area contributed by atoms with Gasteiger partial charge in [0.2, 0.25) is 17.5 Å². The first kappa shape index (κ1) is 25.6. The molecular formula is C21H26O14. The van der Waals surface area contributed by atoms with Crippen LogP contribution in [0, 0.1) is 0 Å². The van der Waals surface area contributed by atoms with Crippen LogP contribution in [0.4, 0.5) is 0 Å². The van der Waals surface area contributed by atoms with Crippen molar-refractivity contribution in [2.75, 3.05) is 6.61 Å². The molecule has 8 N–H and O–H groups in total. The number of hydrogen-bond acceptors (Lipinski definition) is 14. The molecule has 194 valence electrons. The maximum Gasteiger partial charge on any atom is 0.238 e. The SMILES string of the molecule is CC1OC(OCC2OC(Oc3coc4cc(O)cc(O)c4c3=O)C(O)C(O)C2O)C(O)C(O)C1O. The molecule has 14 nitrogen and oxygen atoms in total. The zero-order valence-corrected chi connectivity index (χ0v) is 18.2. The number of phenols is 2. The van der Waals surface area contributed by atoms with Gasteiger partial charge in [-0.15, -0.1) is 0 Å². The Hall–Kier alpha value is -2.53. The molecule has 2 aliphatic heterocycles. The van der Waals surface area contributed by atoms with Crippen molar-refractivity contribution < 1.29 is 64.2 Å². The summed E-state index contributed by atoms with van der Waals surface area (Å²) in [7, 11) is 0. The standard InChI is InChI=1S/C21H26O14/c1-6-13(24)16(27)18(29)20(33-6)32-5-11-15(26)17(28)19(30)21(35-11)34-10-4-31-9-3-7(22)2-8(23)12(9)14(10)25/h2-4,6,11,13,15-24,26-30H,5H2,1H3. The Kier molecular flexibility index (Phi) is 7.19. The highest BCUT2D eigenvalue weighted by Gasteiger charge is 2.47. The van der Waals surface area contributed by atoms with Crippen LogP contribution in [0.5, 0.6) is 17.2 Å². The molecule has 35 heavy (non-hydrogen) atoms. The van der Waals surface area contributed by atoms with Crippen LogP contribution in [-0.4, -0.2) is 109 Å². The molecule has 10 atom stereocenters. The van der Waals surface area contributed by atoms with Crippen LogP contribution in [0.1, 0.15) is 6.92 Å². The lowest BCUT2D eigenvalue weighted by atomic mass is 9.98. The van der Waals surface area contributed by atoms with E-state index >= 15 is 0 Å². The summed E-state index contributed by atoms with van der Waals surface area (Å²) >= 11 is 0. The van der Waals surface area contributed by atoms with Crippen molar-refractivity contribution in [3.63, 3.8) is 0 Å². The maximum absolute atomic E-state index is 12.7. The van der Waals surface area contributed by atoms with Crippen molar-refractivity contribution in [2.24, 2.45) is 0 Å². The lowest BCUT2D eigenvalue weighted by molar-refractivity contribution is -0.318. The van der Waals surface area contributed by atoms with Crippen LogP contribution < -0.4 is 10.2 Å². The molecule has 2 fully saturated rings. The minimum absolute atomic E-state index is 0.140. The third-order valence-electron chi connectivity index (χ3n) is 5.95. The van der Waals surface area contributed by atoms with Gasteiger partial charge in [0.05, 0.1) is 12.7 Å². The summed E-state index contributed by atoms with van der Waals surface area (Å²) in [6.07, 6.45) is -14.3. The Bertz CT molecular complexity index is 1100. The molecular weight excluding hydrogens is 476 g/mol. The Labute approximate surface area is 196 Å². The van der Waals surface area contributed by atoms with Crippen molar-refractivity contribution in [1.29, 1.82) is 0 Å². The maximum atomic E-state index is 12.7. The van der Waals surface area contributed by atoms with Crippen molar-refractivity contribution in [3.8, 4) is 17.2 Å². The second kappa shape index (κ2) is 9.85. The number of phenolic OH excluding ortho intramolecular Hbond substituents is 2. The van der Waals surface area contributed by atoms with Crippen LogP contribution in [0.25, 0.3) is 11.0 Å². The molecule has 0 radical (unpaired) electrons. The Balaban J connectivity index is 1.50. The molecule has 1 aromatic heterocycles. The number of rotatable bonds is 5. The molecule has 2 saturated heterocycles. The normalized spacial score (nSPS) is 37.9. The van der Waals surface area contributed by atoms with E-state index in [0.717, 1.165) is 18.4 Å². The van der Waals surface area contributed by atoms with Gasteiger partial charge in [-0.05, 0) is 6.92 Å². The second-order valence-electron chi connectivity index (χ2n) is 8.41. The Morgan fingerprint density at radius 3 is 2.23 bits per heavy atom. The molecule has 0 amide bonds. The van der Waals surface area contributed by atoms with E-state index in [0.29, 0.717) is 0 Å². The molecule has 14 heteroatoms. The number of hydrogen-bond donors (Lipinski definition) is 8. The lowest BCUT2D eigenvalue weighted by Crippen LogP contribution is -2.61. The topological polar surface area (TPSA) is 229 Å². The summed E-state index contributed by atoms with van der Waals surface area (Å²) in [5.74, 6) is -1.44. The van der Waals surface area contributed by atoms with E-state index in [4.69, 9.17) is 23.4 Å². The number of aliphatic hydroxyl groups excluding tert-OH is 6. The van der Waals surface area contributed by atoms with Crippen LogP contribution in [0.2, 0.25) is 0 Å². The van der Waals surface area contributed by atoms with Crippen LogP contribution >= 0.6 is 0 Å². The van der Waals surface area contributed by atoms with E-state index in [-0.39, 0.29) is 16.7 Å². The van der Waals surface area contributed by atoms with Crippen molar-refractivity contribution in [3.05, 3.63) is 28.6 Å². The van der Waals surface area contributed by atoms with Crippen molar-refractivity contribution in [2.45, 2.75) is 68.3 Å². The van der Waals surface area contributed by atoms with E-state index in [1.165, 1.54) is 6.92 Å². The Morgan fingerprint density at radius 1 is 0.857 bits per heavy atom. The molecule has 0 aliphatic carbocycles. The van der Waals surface area contributed by atoms with Gasteiger partial charge in [-0.2, -0.15) is 0 Å². The first-order valence-electron chi connectivity index (χ1n) is 10.6. The monoisotopic (exact) mass is 502 g/mol. The number of ether oxygens (including phenoxy) is 4. The predicted molar refractivity (Wildman–Crippen MR) is 111 cm³/mol. The van der Waals surface area contributed by atoms with Gasteiger partial charge in [0.25, 0.3) is 0 Å². The molecule has 10 unspecified atom stereocenters. The molecule has 1 aromatic carbocycles. The van der Waals surface area contributed by atoms with Gasteiger partial charge in [0, 0.05) is 12.1 Å². The average Bonchev–Trinajstić information content (AvgIpc) is 2.81. The molecule has 4 rings (SSSR count). The first-order chi connectivity index (χ1) is 16.5. The molecule has 0 spiro atoms. The largest absolute Gasteiger partial charge is 0.508 e. The summed E-state index contributed by atoms with van der Waals surface area (Å²) in [5, 5.41) is 79.8. The van der Waals surface area contributed by atoms with Gasteiger partial charge in [0.1, 0.15) is 71.5 Å². The lowest BCUT2D eigenvalue weighted by Gasteiger charge is -2.42. The Morgan fingerprint density at radius 2 is 1.51 bits per heavy atom. The van der Waals surface area contributed by atoms with E-state index < -0.39 is 84.9 Å². The number of aliphatic hydroxyl groups is 6. The number of benzene rings is 1. The van der Waals surface area contributed by atoms with Gasteiger partial charge in [-0.1, -0.05) is 0 Å². The van der Waals surface area contributed by atoms with E-state index in [1.807, 2.05) is 0 Å². The third-order valence-corrected chi connectivity index (χ3v) is 5.95. The second-order valence-corrected chi connectivity index (χ2v) is 8.41. The predicted octanol–water partition coefficient (Wildman–Crippen LogP) is -2.77. The van der Waals surface area contributed by atoms with Gasteiger partial charge < -0.3 is 64.2 Å². The summed E-state index contributed by atoms with van der Waals surface area (Å²) in [5.41, 5.74) is -1.01. The van der Waals surface area contributed by atoms with Gasteiger partial charge in [0.15, 0.2) is 6.29 Å². The highest BCUT2D eigenvalue weighted by atomic mass is 16.7. The summed E-state index contributed by atoms with van der Waals surface area (Å²) in [6, 6.07) is 2.01. The quantitative estimate of drug-likeness (QED) is 0.207. The summed E-state index contributed by atoms with van der Waals surface area (Å²) in [4.78, 5) is 12.7. The fourth-order valence-corrected chi connectivity index (χ4v) is 3.90. The van der Waals surface area contributed by atoms with Crippen molar-refractivity contribution >= 4 is 11.0 Å². The van der Waals surface area contributed by atoms with Gasteiger partial charge in [-0.25, -0.2) is 0 Å². The fourth-order valence-electron chi connectivity index (χ4n) is 3.90. The van der Waals surface area contributed by atoms with Crippen LogP contribution in [0.3, 0.4) is 0 Å². The fraction of sp³-hybridized carbons (Fsp3) is 0.571. The molecule has 2 aromatic rings. The highest BCUT2D eigenvalue weighted by Crippen LogP contribution is 2.30. The smallest absolute Gasteiger partial charge is 0.238 e. The average molecular weight is 502 g/mol. The minimum atomic E-state index is -1.82. The minimum Gasteiger partial charge on any atom is -0.508 e. The zero-order chi connectivity index (χ0) is 25.6. The zero-order valence-electron chi connectivity index (χ0n) is 18.2. The van der Waals surface area contributed by atoms with Gasteiger partial charge >= 0.3 is 0 Å². The summed E-state index contributed by atoms with van der Waals surface area (Å²) < 4.78 is 26.7. The first-order valence-corrected chi connectivity index (χ1v) is 10.6. The molecule has 2 aliphatic rings. The highest BCUT2D eigenvalue weighted by molar-refractivity contribution is 5.85. The number of fused-ring (bicyclic) bond motifs is 1. The third kappa shape index (κ3) is 4.80. The molecule has 0 saturated carbocycles. The summed E-state index contributed by atoms with van der Waals surface area (Å²) in [6.45, 7) is 0.925. The van der Waals surface area contributed by atoms with E-state index in [2.05, 4.69) is 0 Å². The van der Waals surface area contributed by atoms with Crippen molar-refractivity contribution in [1.82, 2.24) is 0 Å². The van der Waals surface area contributed by atoms with Gasteiger partial charge in [-0.3, -0.25) is 4.79 Å². The van der Waals surface area contributed by atoms with Crippen LogP contribution in [-0.2, 0) is 14.2 Å². The molecule has 0 bridgehead atoms. The molecule has 3 heterocycles. The van der Waals surface area contributed by atoms with E-state index in [9.17, 15) is 45.6 Å². The van der Waals surface area contributed by atoms with Crippen LogP contribution in [0.15, 0.2) is 27.6 Å². The van der Waals surface area contributed by atoms with E-state index in [1.54, 1.807) is 0 Å². The number of aromatic hydroxyl groups is 2.